The van der Waals surface area contributed by atoms with E-state index in [0.717, 1.165) is 16.1 Å². The van der Waals surface area contributed by atoms with E-state index in [0.29, 0.717) is 6.07 Å². The lowest BCUT2D eigenvalue weighted by atomic mass is 10.2. The number of rotatable bonds is 4. The highest BCUT2D eigenvalue weighted by molar-refractivity contribution is 9.10. The van der Waals surface area contributed by atoms with Crippen LogP contribution in [0.15, 0.2) is 35.1 Å². The average Bonchev–Trinajstić information content (AvgIpc) is 2.37. The molecule has 1 heterocycles. The monoisotopic (exact) mass is 343 g/mol. The molecule has 0 amide bonds. The third-order valence-electron chi connectivity index (χ3n) is 2.48. The van der Waals surface area contributed by atoms with Crippen molar-refractivity contribution in [3.8, 4) is 0 Å². The van der Waals surface area contributed by atoms with Crippen LogP contribution < -0.4 is 5.32 Å². The Morgan fingerprint density at radius 1 is 1.25 bits per heavy atom. The molecule has 0 aliphatic carbocycles. The fourth-order valence-electron chi connectivity index (χ4n) is 1.56. The Morgan fingerprint density at radius 3 is 2.65 bits per heavy atom. The Hall–Kier alpha value is -2.09. The summed E-state index contributed by atoms with van der Waals surface area (Å²) < 4.78 is 27.4. The molecule has 0 saturated carbocycles. The molecule has 1 aromatic heterocycles. The van der Waals surface area contributed by atoms with Crippen LogP contribution in [-0.4, -0.2) is 9.91 Å². The second-order valence-corrected chi connectivity index (χ2v) is 4.82. The van der Waals surface area contributed by atoms with E-state index in [4.69, 9.17) is 0 Å². The number of hydrogen-bond donors (Lipinski definition) is 1. The molecule has 0 fully saturated rings. The van der Waals surface area contributed by atoms with E-state index in [1.807, 2.05) is 0 Å². The van der Waals surface area contributed by atoms with E-state index in [9.17, 15) is 18.9 Å². The van der Waals surface area contributed by atoms with E-state index in [-0.39, 0.29) is 12.2 Å². The first-order valence-electron chi connectivity index (χ1n) is 5.44. The molecule has 1 aromatic carbocycles. The lowest BCUT2D eigenvalue weighted by Gasteiger charge is -2.08. The standard InChI is InChI=1S/C12H8BrF2N3O2/c13-8-1-7(4-16-6-8)5-17-11-3-12(18(19)20)10(15)2-9(11)14/h1-4,6,17H,5H2. The molecule has 8 heteroatoms. The van der Waals surface area contributed by atoms with Crippen LogP contribution in [0.4, 0.5) is 20.2 Å². The smallest absolute Gasteiger partial charge is 0.307 e. The summed E-state index contributed by atoms with van der Waals surface area (Å²) in [7, 11) is 0. The quantitative estimate of drug-likeness (QED) is 0.679. The van der Waals surface area contributed by atoms with Crippen LogP contribution >= 0.6 is 15.9 Å². The van der Waals surface area contributed by atoms with Crippen molar-refractivity contribution in [3.63, 3.8) is 0 Å². The Balaban J connectivity index is 2.21. The molecule has 0 bridgehead atoms. The Kier molecular flexibility index (Phi) is 4.23. The highest BCUT2D eigenvalue weighted by atomic mass is 79.9. The summed E-state index contributed by atoms with van der Waals surface area (Å²) >= 11 is 3.24. The second-order valence-electron chi connectivity index (χ2n) is 3.91. The molecule has 1 N–H and O–H groups in total. The van der Waals surface area contributed by atoms with Crippen molar-refractivity contribution in [1.29, 1.82) is 0 Å². The number of anilines is 1. The van der Waals surface area contributed by atoms with Crippen molar-refractivity contribution >= 4 is 27.3 Å². The normalized spacial score (nSPS) is 10.3. The maximum Gasteiger partial charge on any atom is 0.307 e. The molecular formula is C12H8BrF2N3O2. The Labute approximate surface area is 120 Å². The molecule has 5 nitrogen and oxygen atoms in total. The summed E-state index contributed by atoms with van der Waals surface area (Å²) in [4.78, 5) is 13.6. The van der Waals surface area contributed by atoms with Gasteiger partial charge >= 0.3 is 5.69 Å². The van der Waals surface area contributed by atoms with Crippen LogP contribution in [0, 0.1) is 21.7 Å². The number of hydrogen-bond acceptors (Lipinski definition) is 4. The molecule has 2 rings (SSSR count). The first-order valence-corrected chi connectivity index (χ1v) is 6.23. The molecule has 0 radical (unpaired) electrons. The average molecular weight is 344 g/mol. The molecule has 104 valence electrons. The Morgan fingerprint density at radius 2 is 2.00 bits per heavy atom. The fourth-order valence-corrected chi connectivity index (χ4v) is 1.98. The van der Waals surface area contributed by atoms with E-state index in [2.05, 4.69) is 26.2 Å². The number of aromatic nitrogens is 1. The zero-order valence-corrected chi connectivity index (χ0v) is 11.5. The highest BCUT2D eigenvalue weighted by Gasteiger charge is 2.18. The molecule has 0 saturated heterocycles. The lowest BCUT2D eigenvalue weighted by molar-refractivity contribution is -0.387. The van der Waals surface area contributed by atoms with Crippen molar-refractivity contribution < 1.29 is 13.7 Å². The maximum atomic E-state index is 13.5. The summed E-state index contributed by atoms with van der Waals surface area (Å²) in [6, 6.07) is 3.07. The summed E-state index contributed by atoms with van der Waals surface area (Å²) in [6.45, 7) is 0.201. The molecule has 0 spiro atoms. The first-order chi connectivity index (χ1) is 9.47. The predicted molar refractivity (Wildman–Crippen MR) is 72.3 cm³/mol. The molecular weight excluding hydrogens is 336 g/mol. The topological polar surface area (TPSA) is 68.1 Å². The van der Waals surface area contributed by atoms with Gasteiger partial charge in [0.1, 0.15) is 5.82 Å². The van der Waals surface area contributed by atoms with Crippen molar-refractivity contribution in [2.24, 2.45) is 0 Å². The summed E-state index contributed by atoms with van der Waals surface area (Å²) in [6.07, 6.45) is 3.15. The number of nitro benzene ring substituents is 1. The lowest BCUT2D eigenvalue weighted by Crippen LogP contribution is -2.04. The summed E-state index contributed by atoms with van der Waals surface area (Å²) in [5.74, 6) is -2.10. The van der Waals surface area contributed by atoms with Gasteiger partial charge in [-0.2, -0.15) is 4.39 Å². The maximum absolute atomic E-state index is 13.5. The minimum atomic E-state index is -1.21. The number of nitrogens with one attached hydrogen (secondary N) is 1. The minimum absolute atomic E-state index is 0.141. The van der Waals surface area contributed by atoms with Gasteiger partial charge < -0.3 is 5.32 Å². The zero-order valence-electron chi connectivity index (χ0n) is 9.94. The third-order valence-corrected chi connectivity index (χ3v) is 2.91. The first kappa shape index (κ1) is 14.3. The minimum Gasteiger partial charge on any atom is -0.378 e. The molecule has 0 aliphatic rings. The van der Waals surface area contributed by atoms with E-state index >= 15 is 0 Å². The molecule has 0 unspecified atom stereocenters. The van der Waals surface area contributed by atoms with Crippen LogP contribution in [0.25, 0.3) is 0 Å². The zero-order chi connectivity index (χ0) is 14.7. The number of nitrogens with zero attached hydrogens (tertiary/aromatic N) is 2. The van der Waals surface area contributed by atoms with E-state index < -0.39 is 22.2 Å². The van der Waals surface area contributed by atoms with Crippen LogP contribution in [0.5, 0.6) is 0 Å². The van der Waals surface area contributed by atoms with E-state index in [1.54, 1.807) is 18.5 Å². The van der Waals surface area contributed by atoms with Gasteiger partial charge in [0.25, 0.3) is 0 Å². The largest absolute Gasteiger partial charge is 0.378 e. The second kappa shape index (κ2) is 5.91. The van der Waals surface area contributed by atoms with Crippen molar-refractivity contribution in [2.75, 3.05) is 5.32 Å². The van der Waals surface area contributed by atoms with Gasteiger partial charge in [0.2, 0.25) is 5.82 Å². The molecule has 20 heavy (non-hydrogen) atoms. The predicted octanol–water partition coefficient (Wildman–Crippen LogP) is 3.64. The van der Waals surface area contributed by atoms with Gasteiger partial charge in [-0.05, 0) is 27.6 Å². The SMILES string of the molecule is O=[N+]([O-])c1cc(NCc2cncc(Br)c2)c(F)cc1F. The fraction of sp³-hybridized carbons (Fsp3) is 0.0833. The van der Waals surface area contributed by atoms with E-state index in [1.165, 1.54) is 0 Å². The van der Waals surface area contributed by atoms with Gasteiger partial charge in [0, 0.05) is 35.5 Å². The van der Waals surface area contributed by atoms with Crippen molar-refractivity contribution in [3.05, 3.63) is 62.4 Å². The summed E-state index contributed by atoms with van der Waals surface area (Å²) in [5, 5.41) is 13.3. The van der Waals surface area contributed by atoms with Gasteiger partial charge in [-0.1, -0.05) is 0 Å². The molecule has 2 aromatic rings. The van der Waals surface area contributed by atoms with Crippen molar-refractivity contribution in [2.45, 2.75) is 6.54 Å². The van der Waals surface area contributed by atoms with Gasteiger partial charge in [0.15, 0.2) is 0 Å². The summed E-state index contributed by atoms with van der Waals surface area (Å²) in [5.41, 5.74) is -0.176. The van der Waals surface area contributed by atoms with Crippen LogP contribution in [0.2, 0.25) is 0 Å². The van der Waals surface area contributed by atoms with Crippen molar-refractivity contribution in [1.82, 2.24) is 4.98 Å². The van der Waals surface area contributed by atoms with Crippen LogP contribution in [0.3, 0.4) is 0 Å². The highest BCUT2D eigenvalue weighted by Crippen LogP contribution is 2.25. The number of nitro groups is 1. The number of pyridine rings is 1. The van der Waals surface area contributed by atoms with Gasteiger partial charge in [-0.25, -0.2) is 4.39 Å². The molecule has 0 aliphatic heterocycles. The van der Waals surface area contributed by atoms with Gasteiger partial charge in [-0.3, -0.25) is 15.1 Å². The van der Waals surface area contributed by atoms with Gasteiger partial charge in [0.05, 0.1) is 10.6 Å². The van der Waals surface area contributed by atoms with Crippen LogP contribution in [-0.2, 0) is 6.54 Å². The molecule has 0 atom stereocenters. The van der Waals surface area contributed by atoms with Gasteiger partial charge in [-0.15, -0.1) is 0 Å². The van der Waals surface area contributed by atoms with Crippen LogP contribution in [0.1, 0.15) is 5.56 Å². The number of halogens is 3. The Bertz CT molecular complexity index is 667. The number of benzene rings is 1. The third kappa shape index (κ3) is 3.27.